The summed E-state index contributed by atoms with van der Waals surface area (Å²) in [5.41, 5.74) is 1.74. The van der Waals surface area contributed by atoms with E-state index in [4.69, 9.17) is 4.74 Å². The maximum absolute atomic E-state index is 12.3. The van der Waals surface area contributed by atoms with Gasteiger partial charge in [0.15, 0.2) is 0 Å². The van der Waals surface area contributed by atoms with Gasteiger partial charge in [-0.05, 0) is 30.3 Å². The van der Waals surface area contributed by atoms with E-state index in [2.05, 4.69) is 5.32 Å². The largest absolute Gasteiger partial charge is 0.494 e. The predicted octanol–water partition coefficient (Wildman–Crippen LogP) is 2.92. The van der Waals surface area contributed by atoms with E-state index in [0.717, 1.165) is 5.69 Å². The highest BCUT2D eigenvalue weighted by Crippen LogP contribution is 2.29. The van der Waals surface area contributed by atoms with E-state index in [1.165, 1.54) is 25.3 Å². The molecule has 0 spiro atoms. The summed E-state index contributed by atoms with van der Waals surface area (Å²) >= 11 is 0. The summed E-state index contributed by atoms with van der Waals surface area (Å²) in [6, 6.07) is 11.1. The average Bonchev–Trinajstić information content (AvgIpc) is 2.55. The molecule has 0 unspecified atom stereocenters. The molecule has 0 aliphatic rings. The summed E-state index contributed by atoms with van der Waals surface area (Å²) in [5, 5.41) is 13.5. The van der Waals surface area contributed by atoms with E-state index in [1.54, 1.807) is 12.1 Å². The first-order chi connectivity index (χ1) is 10.9. The Hall–Kier alpha value is -3.09. The Morgan fingerprint density at radius 3 is 2.35 bits per heavy atom. The Balaban J connectivity index is 2.21. The number of nitro benzene ring substituents is 1. The summed E-state index contributed by atoms with van der Waals surface area (Å²) in [6.07, 6.45) is 0. The lowest BCUT2D eigenvalue weighted by atomic mass is 10.1. The van der Waals surface area contributed by atoms with Gasteiger partial charge in [-0.1, -0.05) is 0 Å². The number of carbonyl (C=O) groups is 1. The van der Waals surface area contributed by atoms with Gasteiger partial charge in [-0.15, -0.1) is 0 Å². The third kappa shape index (κ3) is 3.76. The highest BCUT2D eigenvalue weighted by atomic mass is 16.6. The van der Waals surface area contributed by atoms with Gasteiger partial charge in [0, 0.05) is 31.4 Å². The van der Waals surface area contributed by atoms with Crippen LogP contribution in [0, 0.1) is 10.1 Å². The van der Waals surface area contributed by atoms with Crippen LogP contribution < -0.4 is 15.0 Å². The van der Waals surface area contributed by atoms with Crippen molar-refractivity contribution < 1.29 is 14.5 Å². The number of ether oxygens (including phenoxy) is 1. The summed E-state index contributed by atoms with van der Waals surface area (Å²) in [7, 11) is 5.22. The number of methoxy groups -OCH3 is 1. The lowest BCUT2D eigenvalue weighted by Crippen LogP contribution is -2.13. The molecular weight excluding hydrogens is 298 g/mol. The second kappa shape index (κ2) is 6.78. The fraction of sp³-hybridized carbons (Fsp3) is 0.188. The molecule has 0 radical (unpaired) electrons. The molecule has 0 fully saturated rings. The molecule has 2 rings (SSSR count). The van der Waals surface area contributed by atoms with E-state index in [9.17, 15) is 14.9 Å². The minimum Gasteiger partial charge on any atom is -0.494 e. The fourth-order valence-corrected chi connectivity index (χ4v) is 2.00. The second-order valence-corrected chi connectivity index (χ2v) is 5.04. The maximum Gasteiger partial charge on any atom is 0.273 e. The van der Waals surface area contributed by atoms with Gasteiger partial charge < -0.3 is 15.0 Å². The van der Waals surface area contributed by atoms with Crippen LogP contribution in [0.3, 0.4) is 0 Å². The van der Waals surface area contributed by atoms with Gasteiger partial charge >= 0.3 is 0 Å². The van der Waals surface area contributed by atoms with E-state index in [1.807, 2.05) is 31.1 Å². The Morgan fingerprint density at radius 2 is 1.83 bits per heavy atom. The van der Waals surface area contributed by atoms with Gasteiger partial charge in [-0.2, -0.15) is 0 Å². The number of rotatable bonds is 5. The van der Waals surface area contributed by atoms with Gasteiger partial charge in [0.1, 0.15) is 5.75 Å². The van der Waals surface area contributed by atoms with Gasteiger partial charge in [0.05, 0.1) is 23.8 Å². The molecular formula is C16H17N3O4. The molecule has 120 valence electrons. The molecule has 0 saturated heterocycles. The zero-order chi connectivity index (χ0) is 17.0. The van der Waals surface area contributed by atoms with E-state index in [0.29, 0.717) is 11.3 Å². The molecule has 0 aliphatic heterocycles. The number of hydrogen-bond donors (Lipinski definition) is 1. The van der Waals surface area contributed by atoms with Crippen molar-refractivity contribution in [2.24, 2.45) is 0 Å². The topological polar surface area (TPSA) is 84.7 Å². The molecule has 2 aromatic carbocycles. The number of amides is 1. The van der Waals surface area contributed by atoms with Crippen LogP contribution in [0.4, 0.5) is 17.1 Å². The molecule has 2 aromatic rings. The van der Waals surface area contributed by atoms with Crippen molar-refractivity contribution in [2.75, 3.05) is 31.4 Å². The number of hydrogen-bond acceptors (Lipinski definition) is 5. The second-order valence-electron chi connectivity index (χ2n) is 5.04. The lowest BCUT2D eigenvalue weighted by molar-refractivity contribution is -0.384. The third-order valence-corrected chi connectivity index (χ3v) is 3.29. The van der Waals surface area contributed by atoms with Crippen molar-refractivity contribution in [1.29, 1.82) is 0 Å². The summed E-state index contributed by atoms with van der Waals surface area (Å²) < 4.78 is 5.10. The van der Waals surface area contributed by atoms with Crippen molar-refractivity contribution in [3.63, 3.8) is 0 Å². The number of nitro groups is 1. The van der Waals surface area contributed by atoms with Gasteiger partial charge in [-0.3, -0.25) is 14.9 Å². The van der Waals surface area contributed by atoms with Gasteiger partial charge in [0.25, 0.3) is 11.6 Å². The summed E-state index contributed by atoms with van der Waals surface area (Å²) in [5.74, 6) is -0.0834. The molecule has 23 heavy (non-hydrogen) atoms. The first-order valence-corrected chi connectivity index (χ1v) is 6.83. The zero-order valence-electron chi connectivity index (χ0n) is 13.1. The van der Waals surface area contributed by atoms with Crippen LogP contribution in [0.1, 0.15) is 10.4 Å². The van der Waals surface area contributed by atoms with Crippen LogP contribution in [-0.2, 0) is 0 Å². The van der Waals surface area contributed by atoms with E-state index < -0.39 is 4.92 Å². The quantitative estimate of drug-likeness (QED) is 0.677. The molecule has 0 aromatic heterocycles. The molecule has 0 atom stereocenters. The first-order valence-electron chi connectivity index (χ1n) is 6.83. The van der Waals surface area contributed by atoms with Crippen molar-refractivity contribution in [3.05, 3.63) is 58.1 Å². The molecule has 1 N–H and O–H groups in total. The SMILES string of the molecule is COc1cc([N+](=O)[O-])ccc1NC(=O)c1ccc(N(C)C)cc1. The van der Waals surface area contributed by atoms with Crippen molar-refractivity contribution in [3.8, 4) is 5.75 Å². The number of non-ortho nitro benzene ring substituents is 1. The molecule has 0 heterocycles. The average molecular weight is 315 g/mol. The summed E-state index contributed by atoms with van der Waals surface area (Å²) in [6.45, 7) is 0. The monoisotopic (exact) mass is 315 g/mol. The Kier molecular flexibility index (Phi) is 4.80. The van der Waals surface area contributed by atoms with Crippen molar-refractivity contribution in [1.82, 2.24) is 0 Å². The smallest absolute Gasteiger partial charge is 0.273 e. The minimum atomic E-state index is -0.520. The normalized spacial score (nSPS) is 10.0. The molecule has 0 bridgehead atoms. The molecule has 7 nitrogen and oxygen atoms in total. The number of anilines is 2. The standard InChI is InChI=1S/C16H17N3O4/c1-18(2)12-6-4-11(5-7-12)16(20)17-14-9-8-13(19(21)22)10-15(14)23-3/h4-10H,1-3H3,(H,17,20). The number of nitrogens with one attached hydrogen (secondary N) is 1. The molecule has 7 heteroatoms. The highest BCUT2D eigenvalue weighted by Gasteiger charge is 2.14. The third-order valence-electron chi connectivity index (χ3n) is 3.29. The van der Waals surface area contributed by atoms with Crippen LogP contribution in [-0.4, -0.2) is 32.0 Å². The van der Waals surface area contributed by atoms with Crippen LogP contribution >= 0.6 is 0 Å². The number of carbonyl (C=O) groups excluding carboxylic acids is 1. The first kappa shape index (κ1) is 16.3. The summed E-state index contributed by atoms with van der Waals surface area (Å²) in [4.78, 5) is 24.4. The van der Waals surface area contributed by atoms with Gasteiger partial charge in [0.2, 0.25) is 0 Å². The van der Waals surface area contributed by atoms with Crippen LogP contribution in [0.25, 0.3) is 0 Å². The Labute approximate surface area is 133 Å². The van der Waals surface area contributed by atoms with Crippen molar-refractivity contribution in [2.45, 2.75) is 0 Å². The van der Waals surface area contributed by atoms with Crippen LogP contribution in [0.2, 0.25) is 0 Å². The van der Waals surface area contributed by atoms with E-state index >= 15 is 0 Å². The lowest BCUT2D eigenvalue weighted by Gasteiger charge is -2.13. The maximum atomic E-state index is 12.3. The zero-order valence-corrected chi connectivity index (χ0v) is 13.1. The fourth-order valence-electron chi connectivity index (χ4n) is 2.00. The minimum absolute atomic E-state index is 0.102. The van der Waals surface area contributed by atoms with Gasteiger partial charge in [-0.25, -0.2) is 0 Å². The molecule has 0 aliphatic carbocycles. The van der Waals surface area contributed by atoms with Crippen LogP contribution in [0.5, 0.6) is 5.75 Å². The highest BCUT2D eigenvalue weighted by molar-refractivity contribution is 6.05. The number of nitrogens with zero attached hydrogens (tertiary/aromatic N) is 2. The predicted molar refractivity (Wildman–Crippen MR) is 88.4 cm³/mol. The van der Waals surface area contributed by atoms with Crippen molar-refractivity contribution >= 4 is 23.0 Å². The Bertz CT molecular complexity index is 727. The number of benzene rings is 2. The molecule has 0 saturated carbocycles. The van der Waals surface area contributed by atoms with Crippen LogP contribution in [0.15, 0.2) is 42.5 Å². The Morgan fingerprint density at radius 1 is 1.17 bits per heavy atom. The molecule has 1 amide bonds. The van der Waals surface area contributed by atoms with E-state index in [-0.39, 0.29) is 17.3 Å².